The smallest absolute Gasteiger partial charge is 0.378 e. The van der Waals surface area contributed by atoms with Crippen LogP contribution in [0, 0.1) is 11.8 Å². The Balaban J connectivity index is 2.33. The monoisotopic (exact) mass is 254 g/mol. The molecule has 0 aromatic rings. The molecule has 3 N–H and O–H groups in total. The van der Waals surface area contributed by atoms with E-state index < -0.39 is 23.4 Å². The predicted octanol–water partition coefficient (Wildman–Crippen LogP) is 1.03. The van der Waals surface area contributed by atoms with Crippen molar-refractivity contribution in [3.8, 4) is 0 Å². The third-order valence-corrected chi connectivity index (χ3v) is 4.12. The number of carbonyl (C=O) groups excluding carboxylic acids is 1. The third kappa shape index (κ3) is 1.93. The number of esters is 1. The average molecular weight is 254 g/mol. The number of aliphatic hydroxyl groups is 3. The third-order valence-electron chi connectivity index (χ3n) is 4.12. The maximum Gasteiger partial charge on any atom is 0.378 e. The highest BCUT2D eigenvalue weighted by Crippen LogP contribution is 2.44. The summed E-state index contributed by atoms with van der Waals surface area (Å²) in [6.45, 7) is 5.28. The lowest BCUT2D eigenvalue weighted by Crippen LogP contribution is -2.30. The molecule has 1 aliphatic carbocycles. The second-order valence-electron chi connectivity index (χ2n) is 5.41. The average Bonchev–Trinajstić information content (AvgIpc) is 2.67. The molecule has 2 rings (SSSR count). The maximum absolute atomic E-state index is 11.1. The van der Waals surface area contributed by atoms with E-state index in [0.29, 0.717) is 5.57 Å². The Morgan fingerprint density at radius 1 is 1.56 bits per heavy atom. The molecule has 0 unspecified atom stereocenters. The van der Waals surface area contributed by atoms with Gasteiger partial charge < -0.3 is 20.1 Å². The van der Waals surface area contributed by atoms with Crippen LogP contribution in [0.4, 0.5) is 0 Å². The van der Waals surface area contributed by atoms with Gasteiger partial charge in [0.15, 0.2) is 0 Å². The van der Waals surface area contributed by atoms with Gasteiger partial charge in [-0.15, -0.1) is 0 Å². The molecule has 1 saturated carbocycles. The molecule has 4 atom stereocenters. The van der Waals surface area contributed by atoms with E-state index in [-0.39, 0.29) is 24.0 Å². The zero-order valence-corrected chi connectivity index (χ0v) is 10.7. The number of carbonyl (C=O) groups is 1. The van der Waals surface area contributed by atoms with Crippen molar-refractivity contribution in [1.29, 1.82) is 0 Å². The molecule has 5 heteroatoms. The number of ether oxygens (including phenoxy) is 1. The van der Waals surface area contributed by atoms with Crippen molar-refractivity contribution >= 4 is 5.97 Å². The second-order valence-corrected chi connectivity index (χ2v) is 5.41. The lowest BCUT2D eigenvalue weighted by molar-refractivity contribution is -0.135. The van der Waals surface area contributed by atoms with Crippen molar-refractivity contribution in [2.24, 2.45) is 11.8 Å². The summed E-state index contributed by atoms with van der Waals surface area (Å²) >= 11 is 0. The van der Waals surface area contributed by atoms with Crippen LogP contribution < -0.4 is 0 Å². The van der Waals surface area contributed by atoms with Crippen LogP contribution in [0.5, 0.6) is 0 Å². The summed E-state index contributed by atoms with van der Waals surface area (Å²) < 4.78 is 4.92. The van der Waals surface area contributed by atoms with Crippen molar-refractivity contribution in [1.82, 2.24) is 0 Å². The summed E-state index contributed by atoms with van der Waals surface area (Å²) in [5, 5.41) is 29.4. The van der Waals surface area contributed by atoms with Gasteiger partial charge in [-0.3, -0.25) is 0 Å². The van der Waals surface area contributed by atoms with Crippen molar-refractivity contribution < 1.29 is 24.9 Å². The summed E-state index contributed by atoms with van der Waals surface area (Å²) in [5.74, 6) is -1.39. The first-order valence-electron chi connectivity index (χ1n) is 5.98. The predicted molar refractivity (Wildman–Crippen MR) is 63.4 cm³/mol. The second kappa shape index (κ2) is 4.10. The number of hydrogen-bond acceptors (Lipinski definition) is 5. The molecule has 0 aromatic carbocycles. The minimum absolute atomic E-state index is 0.158. The molecule has 0 aromatic heterocycles. The zero-order valence-electron chi connectivity index (χ0n) is 10.7. The van der Waals surface area contributed by atoms with E-state index in [1.54, 1.807) is 13.8 Å². The van der Waals surface area contributed by atoms with Gasteiger partial charge in [0, 0.05) is 18.4 Å². The van der Waals surface area contributed by atoms with E-state index >= 15 is 0 Å². The minimum Gasteiger partial charge on any atom is -0.502 e. The van der Waals surface area contributed by atoms with Gasteiger partial charge in [0.05, 0.1) is 11.7 Å². The maximum atomic E-state index is 11.1. The fraction of sp³-hybridized carbons (Fsp3) is 0.615. The standard InChI is InChI=1S/C13H18O5/c1-6(10-4-8(14)12(16)18-10)11-7(2)13(3,17)5-9(11)15/h4,7,9,11,14-15,17H,5H2,1-3H3/b10-6-/t7-,9-,11+,13+/m1/s1. The number of rotatable bonds is 1. The zero-order chi connectivity index (χ0) is 13.7. The first-order valence-corrected chi connectivity index (χ1v) is 5.98. The molecular formula is C13H18O5. The number of cyclic esters (lactones) is 1. The highest BCUT2D eigenvalue weighted by atomic mass is 16.6. The van der Waals surface area contributed by atoms with Gasteiger partial charge in [0.1, 0.15) is 5.76 Å². The molecule has 1 aliphatic heterocycles. The highest BCUT2D eigenvalue weighted by Gasteiger charge is 2.48. The molecule has 18 heavy (non-hydrogen) atoms. The number of hydrogen-bond donors (Lipinski definition) is 3. The van der Waals surface area contributed by atoms with Gasteiger partial charge in [-0.2, -0.15) is 0 Å². The van der Waals surface area contributed by atoms with Gasteiger partial charge >= 0.3 is 5.97 Å². The summed E-state index contributed by atoms with van der Waals surface area (Å²) in [7, 11) is 0. The molecule has 0 amide bonds. The van der Waals surface area contributed by atoms with Gasteiger partial charge in [-0.05, 0) is 25.3 Å². The lowest BCUT2D eigenvalue weighted by atomic mass is 9.84. The van der Waals surface area contributed by atoms with E-state index in [4.69, 9.17) is 4.74 Å². The molecule has 5 nitrogen and oxygen atoms in total. The molecule has 0 radical (unpaired) electrons. The van der Waals surface area contributed by atoms with Crippen LogP contribution in [-0.2, 0) is 9.53 Å². The van der Waals surface area contributed by atoms with E-state index in [1.807, 2.05) is 6.92 Å². The topological polar surface area (TPSA) is 87.0 Å². The molecule has 100 valence electrons. The molecule has 0 bridgehead atoms. The summed E-state index contributed by atoms with van der Waals surface area (Å²) in [4.78, 5) is 11.1. The van der Waals surface area contributed by atoms with Crippen LogP contribution in [0.15, 0.2) is 23.2 Å². The quantitative estimate of drug-likeness (QED) is 0.608. The number of aliphatic hydroxyl groups excluding tert-OH is 2. The summed E-state index contributed by atoms with van der Waals surface area (Å²) in [6.07, 6.45) is 0.856. The van der Waals surface area contributed by atoms with Crippen molar-refractivity contribution in [2.45, 2.75) is 38.9 Å². The first-order chi connectivity index (χ1) is 8.24. The fourth-order valence-electron chi connectivity index (χ4n) is 2.84. The highest BCUT2D eigenvalue weighted by molar-refractivity contribution is 5.90. The van der Waals surface area contributed by atoms with Crippen molar-refractivity contribution in [3.63, 3.8) is 0 Å². The van der Waals surface area contributed by atoms with E-state index in [2.05, 4.69) is 0 Å². The van der Waals surface area contributed by atoms with E-state index in [0.717, 1.165) is 0 Å². The van der Waals surface area contributed by atoms with Crippen molar-refractivity contribution in [2.75, 3.05) is 0 Å². The summed E-state index contributed by atoms with van der Waals surface area (Å²) in [6, 6.07) is 0. The molecule has 1 heterocycles. The summed E-state index contributed by atoms with van der Waals surface area (Å²) in [5.41, 5.74) is -0.273. The van der Waals surface area contributed by atoms with Crippen molar-refractivity contribution in [3.05, 3.63) is 23.2 Å². The minimum atomic E-state index is -0.944. The SMILES string of the molecule is C/C(=C1\C=C(O)C(=O)O1)[C@@H]1[C@H](O)C[C@](C)(O)[C@@H]1C. The number of allylic oxidation sites excluding steroid dienone is 1. The van der Waals surface area contributed by atoms with Gasteiger partial charge in [-0.1, -0.05) is 6.92 Å². The molecular weight excluding hydrogens is 236 g/mol. The molecule has 0 saturated heterocycles. The molecule has 0 spiro atoms. The van der Waals surface area contributed by atoms with Crippen LogP contribution in [0.25, 0.3) is 0 Å². The Bertz CT molecular complexity index is 446. The van der Waals surface area contributed by atoms with E-state index in [1.165, 1.54) is 6.08 Å². The Hall–Kier alpha value is -1.33. The van der Waals surface area contributed by atoms with Crippen LogP contribution in [0.2, 0.25) is 0 Å². The molecule has 1 fully saturated rings. The lowest BCUT2D eigenvalue weighted by Gasteiger charge is -2.26. The Morgan fingerprint density at radius 2 is 2.17 bits per heavy atom. The first kappa shape index (κ1) is 13.1. The van der Waals surface area contributed by atoms with E-state index in [9.17, 15) is 20.1 Å². The van der Waals surface area contributed by atoms with Crippen LogP contribution in [0.1, 0.15) is 27.2 Å². The fourth-order valence-corrected chi connectivity index (χ4v) is 2.84. The van der Waals surface area contributed by atoms with Crippen LogP contribution in [-0.4, -0.2) is 33.0 Å². The normalized spacial score (nSPS) is 42.8. The Kier molecular flexibility index (Phi) is 2.99. The van der Waals surface area contributed by atoms with Crippen LogP contribution >= 0.6 is 0 Å². The van der Waals surface area contributed by atoms with Gasteiger partial charge in [0.25, 0.3) is 0 Å². The Morgan fingerprint density at radius 3 is 2.56 bits per heavy atom. The van der Waals surface area contributed by atoms with Gasteiger partial charge in [0.2, 0.25) is 5.76 Å². The molecule has 2 aliphatic rings. The Labute approximate surface area is 105 Å². The largest absolute Gasteiger partial charge is 0.502 e. The van der Waals surface area contributed by atoms with Crippen LogP contribution in [0.3, 0.4) is 0 Å². The van der Waals surface area contributed by atoms with Gasteiger partial charge in [-0.25, -0.2) is 4.79 Å².